The highest BCUT2D eigenvalue weighted by atomic mass is 16.2. The van der Waals surface area contributed by atoms with Crippen molar-refractivity contribution in [3.05, 3.63) is 11.8 Å². The molecule has 0 spiro atoms. The molecule has 0 aromatic heterocycles. The van der Waals surface area contributed by atoms with Crippen molar-refractivity contribution in [1.82, 2.24) is 10.2 Å². The van der Waals surface area contributed by atoms with Gasteiger partial charge in [0.2, 0.25) is 5.91 Å². The Labute approximate surface area is 83.0 Å². The molecule has 0 aliphatic carbocycles. The minimum absolute atomic E-state index is 0.0511. The molecule has 2 amide bonds. The Hall–Kier alpha value is -1.32. The molecule has 4 heteroatoms. The Kier molecular flexibility index (Phi) is 2.27. The lowest BCUT2D eigenvalue weighted by molar-refractivity contribution is -0.139. The Morgan fingerprint density at radius 2 is 2.36 bits per heavy atom. The van der Waals surface area contributed by atoms with E-state index in [-0.39, 0.29) is 17.9 Å². The van der Waals surface area contributed by atoms with Gasteiger partial charge in [-0.2, -0.15) is 0 Å². The topological polar surface area (TPSA) is 49.4 Å². The van der Waals surface area contributed by atoms with Crippen molar-refractivity contribution in [3.63, 3.8) is 0 Å². The van der Waals surface area contributed by atoms with Gasteiger partial charge in [0.05, 0.1) is 0 Å². The maximum atomic E-state index is 11.8. The molecule has 1 saturated heterocycles. The largest absolute Gasteiger partial charge is 0.339 e. The van der Waals surface area contributed by atoms with Crippen LogP contribution in [-0.2, 0) is 9.59 Å². The lowest BCUT2D eigenvalue weighted by atomic mass is 10.1. The average molecular weight is 194 g/mol. The number of piperazine rings is 1. The van der Waals surface area contributed by atoms with Crippen molar-refractivity contribution >= 4 is 11.8 Å². The van der Waals surface area contributed by atoms with Crippen molar-refractivity contribution < 1.29 is 9.59 Å². The normalized spacial score (nSPS) is 25.9. The summed E-state index contributed by atoms with van der Waals surface area (Å²) in [6.45, 7) is 2.68. The molecular weight excluding hydrogens is 180 g/mol. The number of carbonyl (C=O) groups excluding carboxylic acids is 2. The van der Waals surface area contributed by atoms with Gasteiger partial charge in [0.15, 0.2) is 0 Å². The van der Waals surface area contributed by atoms with Crippen molar-refractivity contribution in [2.45, 2.75) is 32.2 Å². The molecule has 14 heavy (non-hydrogen) atoms. The second kappa shape index (κ2) is 3.44. The van der Waals surface area contributed by atoms with Crippen LogP contribution in [0, 0.1) is 0 Å². The van der Waals surface area contributed by atoms with E-state index in [0.717, 1.165) is 19.3 Å². The third-order valence-corrected chi connectivity index (χ3v) is 2.66. The Bertz CT molecular complexity index is 309. The molecule has 0 bridgehead atoms. The molecule has 1 N–H and O–H groups in total. The van der Waals surface area contributed by atoms with E-state index in [1.807, 2.05) is 13.0 Å². The van der Waals surface area contributed by atoms with Crippen LogP contribution in [0.1, 0.15) is 26.2 Å². The standard InChI is InChI=1S/C10H14N2O2/c1-2-4-7-10(14)12-6-3-5-8(12)9(13)11-7/h5,7H,2-4,6H2,1H3,(H,11,13)/t7-/m0/s1. The molecule has 76 valence electrons. The van der Waals surface area contributed by atoms with E-state index >= 15 is 0 Å². The predicted octanol–water partition coefficient (Wildman–Crippen LogP) is 0.401. The van der Waals surface area contributed by atoms with E-state index in [2.05, 4.69) is 5.32 Å². The average Bonchev–Trinajstić information content (AvgIpc) is 2.63. The number of amides is 2. The molecule has 2 rings (SSSR count). The van der Waals surface area contributed by atoms with Crippen molar-refractivity contribution in [1.29, 1.82) is 0 Å². The van der Waals surface area contributed by atoms with Gasteiger partial charge in [0, 0.05) is 6.54 Å². The third-order valence-electron chi connectivity index (χ3n) is 2.66. The zero-order valence-electron chi connectivity index (χ0n) is 8.25. The monoisotopic (exact) mass is 194 g/mol. The van der Waals surface area contributed by atoms with Gasteiger partial charge in [-0.15, -0.1) is 0 Å². The summed E-state index contributed by atoms with van der Waals surface area (Å²) in [6, 6.07) is -0.303. The second-order valence-electron chi connectivity index (χ2n) is 3.68. The van der Waals surface area contributed by atoms with Crippen LogP contribution in [0.2, 0.25) is 0 Å². The maximum absolute atomic E-state index is 11.8. The second-order valence-corrected chi connectivity index (χ2v) is 3.68. The fourth-order valence-corrected chi connectivity index (χ4v) is 1.97. The van der Waals surface area contributed by atoms with E-state index in [1.54, 1.807) is 4.90 Å². The van der Waals surface area contributed by atoms with E-state index in [1.165, 1.54) is 0 Å². The van der Waals surface area contributed by atoms with Gasteiger partial charge in [-0.1, -0.05) is 19.4 Å². The van der Waals surface area contributed by atoms with Crippen LogP contribution >= 0.6 is 0 Å². The first-order chi connectivity index (χ1) is 6.74. The fraction of sp³-hybridized carbons (Fsp3) is 0.600. The highest BCUT2D eigenvalue weighted by Gasteiger charge is 2.37. The molecule has 1 atom stereocenters. The first-order valence-corrected chi connectivity index (χ1v) is 5.06. The van der Waals surface area contributed by atoms with Gasteiger partial charge in [-0.25, -0.2) is 0 Å². The van der Waals surface area contributed by atoms with E-state index in [9.17, 15) is 9.59 Å². The predicted molar refractivity (Wildman–Crippen MR) is 51.3 cm³/mol. The smallest absolute Gasteiger partial charge is 0.268 e. The van der Waals surface area contributed by atoms with Crippen LogP contribution in [0.3, 0.4) is 0 Å². The van der Waals surface area contributed by atoms with E-state index in [0.29, 0.717) is 12.2 Å². The molecule has 0 unspecified atom stereocenters. The van der Waals surface area contributed by atoms with Gasteiger partial charge in [-0.05, 0) is 12.8 Å². The zero-order chi connectivity index (χ0) is 10.1. The van der Waals surface area contributed by atoms with Crippen molar-refractivity contribution in [3.8, 4) is 0 Å². The number of hydrogen-bond donors (Lipinski definition) is 1. The van der Waals surface area contributed by atoms with Gasteiger partial charge in [0.1, 0.15) is 11.7 Å². The molecule has 0 aromatic carbocycles. The van der Waals surface area contributed by atoms with Crippen molar-refractivity contribution in [2.24, 2.45) is 0 Å². The number of rotatable bonds is 2. The molecule has 1 fully saturated rings. The SMILES string of the molecule is CCC[C@@H]1NC(=O)C2=CCCN2C1=O. The van der Waals surface area contributed by atoms with Crippen LogP contribution < -0.4 is 5.32 Å². The number of carbonyl (C=O) groups is 2. The molecule has 0 radical (unpaired) electrons. The first-order valence-electron chi connectivity index (χ1n) is 5.06. The molecular formula is C10H14N2O2. The van der Waals surface area contributed by atoms with Crippen LogP contribution in [0.5, 0.6) is 0 Å². The van der Waals surface area contributed by atoms with Crippen molar-refractivity contribution in [2.75, 3.05) is 6.54 Å². The molecule has 2 aliphatic rings. The number of hydrogen-bond acceptors (Lipinski definition) is 2. The highest BCUT2D eigenvalue weighted by molar-refractivity contribution is 6.05. The molecule has 2 heterocycles. The third kappa shape index (κ3) is 1.31. The van der Waals surface area contributed by atoms with Gasteiger partial charge in [0.25, 0.3) is 5.91 Å². The van der Waals surface area contributed by atoms with Crippen LogP contribution in [0.15, 0.2) is 11.8 Å². The zero-order valence-corrected chi connectivity index (χ0v) is 8.25. The number of fused-ring (bicyclic) bond motifs is 1. The first kappa shape index (κ1) is 9.24. The maximum Gasteiger partial charge on any atom is 0.268 e. The summed E-state index contributed by atoms with van der Waals surface area (Å²) >= 11 is 0. The van der Waals surface area contributed by atoms with Gasteiger partial charge in [-0.3, -0.25) is 9.59 Å². The highest BCUT2D eigenvalue weighted by Crippen LogP contribution is 2.21. The van der Waals surface area contributed by atoms with Crippen LogP contribution in [0.25, 0.3) is 0 Å². The number of nitrogens with one attached hydrogen (secondary N) is 1. The molecule has 0 saturated carbocycles. The summed E-state index contributed by atoms with van der Waals surface area (Å²) in [4.78, 5) is 25.0. The molecule has 2 aliphatic heterocycles. The molecule has 0 aromatic rings. The quantitative estimate of drug-likeness (QED) is 0.691. The Morgan fingerprint density at radius 1 is 1.57 bits per heavy atom. The van der Waals surface area contributed by atoms with Gasteiger partial charge >= 0.3 is 0 Å². The Morgan fingerprint density at radius 3 is 3.07 bits per heavy atom. The summed E-state index contributed by atoms with van der Waals surface area (Å²) in [5.74, 6) is -0.0456. The summed E-state index contributed by atoms with van der Waals surface area (Å²) in [5.41, 5.74) is 0.544. The fourth-order valence-electron chi connectivity index (χ4n) is 1.97. The Balaban J connectivity index is 2.18. The lowest BCUT2D eigenvalue weighted by Crippen LogP contribution is -2.55. The van der Waals surface area contributed by atoms with E-state index in [4.69, 9.17) is 0 Å². The van der Waals surface area contributed by atoms with Crippen LogP contribution in [0.4, 0.5) is 0 Å². The lowest BCUT2D eigenvalue weighted by Gasteiger charge is -2.31. The summed E-state index contributed by atoms with van der Waals surface area (Å²) in [7, 11) is 0. The molecule has 4 nitrogen and oxygen atoms in total. The number of nitrogens with zero attached hydrogens (tertiary/aromatic N) is 1. The summed E-state index contributed by atoms with van der Waals surface area (Å²) in [6.07, 6.45) is 4.26. The summed E-state index contributed by atoms with van der Waals surface area (Å²) in [5, 5.41) is 2.74. The summed E-state index contributed by atoms with van der Waals surface area (Å²) < 4.78 is 0. The minimum Gasteiger partial charge on any atom is -0.339 e. The van der Waals surface area contributed by atoms with E-state index < -0.39 is 0 Å². The van der Waals surface area contributed by atoms with Gasteiger partial charge < -0.3 is 10.2 Å². The van der Waals surface area contributed by atoms with Crippen LogP contribution in [-0.4, -0.2) is 29.3 Å². The minimum atomic E-state index is -0.303.